The largest absolute Gasteiger partial charge is 0.484 e. The number of carbonyl (C=O) groups excluding carboxylic acids is 2. The average molecular weight is 526 g/mol. The van der Waals surface area contributed by atoms with Crippen molar-refractivity contribution >= 4 is 51.7 Å². The number of anilines is 1. The van der Waals surface area contributed by atoms with E-state index < -0.39 is 5.82 Å². The number of thiazole rings is 1. The molecule has 0 aliphatic rings. The summed E-state index contributed by atoms with van der Waals surface area (Å²) in [4.78, 5) is 28.1. The average Bonchev–Trinajstić information content (AvgIpc) is 3.38. The normalized spacial score (nSPS) is 10.7. The summed E-state index contributed by atoms with van der Waals surface area (Å²) < 4.78 is 25.5. The summed E-state index contributed by atoms with van der Waals surface area (Å²) in [7, 11) is 0. The van der Waals surface area contributed by atoms with Gasteiger partial charge in [-0.25, -0.2) is 9.37 Å². The Morgan fingerprint density at radius 3 is 2.94 bits per heavy atom. The molecule has 0 atom stereocenters. The van der Waals surface area contributed by atoms with Crippen molar-refractivity contribution in [2.24, 2.45) is 0 Å². The number of hydrogen-bond donors (Lipinski definition) is 1. The Kier molecular flexibility index (Phi) is 9.42. The molecule has 9 nitrogen and oxygen atoms in total. The maximum absolute atomic E-state index is 13.2. The number of allylic oxidation sites excluding steroid dienone is 1. The van der Waals surface area contributed by atoms with Gasteiger partial charge in [0.2, 0.25) is 5.91 Å². The third-order valence-corrected chi connectivity index (χ3v) is 6.19. The molecule has 0 aliphatic heterocycles. The van der Waals surface area contributed by atoms with E-state index in [2.05, 4.69) is 27.1 Å². The van der Waals surface area contributed by atoms with Crippen molar-refractivity contribution in [3.63, 3.8) is 0 Å². The maximum atomic E-state index is 13.2. The second kappa shape index (κ2) is 12.5. The quantitative estimate of drug-likeness (QED) is 0.214. The monoisotopic (exact) mass is 525 g/mol. The van der Waals surface area contributed by atoms with Crippen molar-refractivity contribution in [3.8, 4) is 5.75 Å². The number of halogens is 2. The lowest BCUT2D eigenvalue weighted by Gasteiger charge is -2.10. The highest BCUT2D eigenvalue weighted by atomic mass is 35.5. The fraction of sp³-hybridized carbons (Fsp3) is 0.286. The van der Waals surface area contributed by atoms with Crippen LogP contribution >= 0.6 is 34.7 Å². The van der Waals surface area contributed by atoms with Crippen LogP contribution in [0.15, 0.2) is 41.4 Å². The summed E-state index contributed by atoms with van der Waals surface area (Å²) in [6, 6.07) is 3.84. The van der Waals surface area contributed by atoms with Gasteiger partial charge in [-0.1, -0.05) is 29.4 Å². The van der Waals surface area contributed by atoms with E-state index in [9.17, 15) is 14.0 Å². The summed E-state index contributed by atoms with van der Waals surface area (Å²) in [5.41, 5.74) is 0.531. The minimum atomic E-state index is -0.461. The minimum absolute atomic E-state index is 0.0430. The van der Waals surface area contributed by atoms with Gasteiger partial charge in [-0.15, -0.1) is 28.1 Å². The molecule has 0 bridgehead atoms. The molecule has 0 radical (unpaired) electrons. The Balaban J connectivity index is 1.56. The van der Waals surface area contributed by atoms with Crippen molar-refractivity contribution in [2.45, 2.75) is 31.7 Å². The molecule has 1 amide bonds. The number of esters is 1. The predicted octanol–water partition coefficient (Wildman–Crippen LogP) is 4.13. The van der Waals surface area contributed by atoms with E-state index in [1.54, 1.807) is 22.9 Å². The van der Waals surface area contributed by atoms with Crippen molar-refractivity contribution in [1.82, 2.24) is 19.7 Å². The number of benzene rings is 1. The van der Waals surface area contributed by atoms with Gasteiger partial charge in [-0.3, -0.25) is 14.2 Å². The first kappa shape index (κ1) is 25.7. The topological polar surface area (TPSA) is 108 Å². The second-order valence-corrected chi connectivity index (χ2v) is 8.83. The van der Waals surface area contributed by atoms with Gasteiger partial charge in [-0.2, -0.15) is 0 Å². The molecule has 0 spiro atoms. The molecule has 0 fully saturated rings. The van der Waals surface area contributed by atoms with Crippen LogP contribution < -0.4 is 10.1 Å². The molecule has 1 N–H and O–H groups in total. The first-order valence-electron chi connectivity index (χ1n) is 10.0. The van der Waals surface area contributed by atoms with Crippen LogP contribution in [0.3, 0.4) is 0 Å². The highest BCUT2D eigenvalue weighted by Crippen LogP contribution is 2.26. The smallest absolute Gasteiger partial charge is 0.311 e. The lowest BCUT2D eigenvalue weighted by Crippen LogP contribution is -2.15. The van der Waals surface area contributed by atoms with Gasteiger partial charge in [0.25, 0.3) is 0 Å². The van der Waals surface area contributed by atoms with Gasteiger partial charge < -0.3 is 14.8 Å². The molecule has 2 aromatic heterocycles. The zero-order chi connectivity index (χ0) is 24.5. The van der Waals surface area contributed by atoms with Crippen LogP contribution in [0, 0.1) is 5.82 Å². The van der Waals surface area contributed by atoms with Crippen LogP contribution in [0.1, 0.15) is 18.4 Å². The van der Waals surface area contributed by atoms with E-state index >= 15 is 0 Å². The van der Waals surface area contributed by atoms with E-state index in [0.29, 0.717) is 40.7 Å². The lowest BCUT2D eigenvalue weighted by atomic mass is 10.3. The number of rotatable bonds is 12. The zero-order valence-electron chi connectivity index (χ0n) is 18.1. The summed E-state index contributed by atoms with van der Waals surface area (Å²) in [6.07, 6.45) is 1.72. The molecule has 34 heavy (non-hydrogen) atoms. The van der Waals surface area contributed by atoms with E-state index in [4.69, 9.17) is 21.1 Å². The molecule has 0 unspecified atom stereocenters. The van der Waals surface area contributed by atoms with E-state index in [0.717, 1.165) is 6.07 Å². The SMILES string of the molecule is C=CCn1c(COc2ccc(F)cc2Cl)nnc1SCC(=O)Nc1nc(CC(=O)OCC)cs1. The fourth-order valence-corrected chi connectivity index (χ4v) is 4.39. The summed E-state index contributed by atoms with van der Waals surface area (Å²) in [6.45, 7) is 6.21. The summed E-state index contributed by atoms with van der Waals surface area (Å²) >= 11 is 8.40. The maximum Gasteiger partial charge on any atom is 0.311 e. The first-order valence-corrected chi connectivity index (χ1v) is 12.3. The van der Waals surface area contributed by atoms with Crippen LogP contribution in [0.4, 0.5) is 9.52 Å². The minimum Gasteiger partial charge on any atom is -0.484 e. The first-order chi connectivity index (χ1) is 16.4. The Labute approximate surface area is 208 Å². The van der Waals surface area contributed by atoms with Crippen LogP contribution in [0.2, 0.25) is 5.02 Å². The molecule has 0 saturated heterocycles. The number of nitrogens with one attached hydrogen (secondary N) is 1. The number of carbonyl (C=O) groups is 2. The van der Waals surface area contributed by atoms with Crippen molar-refractivity contribution < 1.29 is 23.5 Å². The van der Waals surface area contributed by atoms with Crippen LogP contribution in [-0.2, 0) is 33.9 Å². The fourth-order valence-electron chi connectivity index (χ4n) is 2.67. The van der Waals surface area contributed by atoms with E-state index in [-0.39, 0.29) is 35.7 Å². The molecule has 180 valence electrons. The van der Waals surface area contributed by atoms with Gasteiger partial charge in [0, 0.05) is 11.9 Å². The third-order valence-electron chi connectivity index (χ3n) is 4.12. The molecule has 1 aromatic carbocycles. The predicted molar refractivity (Wildman–Crippen MR) is 128 cm³/mol. The Bertz CT molecular complexity index is 1170. The summed E-state index contributed by atoms with van der Waals surface area (Å²) in [5, 5.41) is 13.7. The molecule has 3 rings (SSSR count). The second-order valence-electron chi connectivity index (χ2n) is 6.62. The van der Waals surface area contributed by atoms with Crippen LogP contribution in [0.25, 0.3) is 0 Å². The van der Waals surface area contributed by atoms with Gasteiger partial charge in [0.1, 0.15) is 18.2 Å². The number of amides is 1. The van der Waals surface area contributed by atoms with Crippen LogP contribution in [-0.4, -0.2) is 44.0 Å². The number of aromatic nitrogens is 4. The number of nitrogens with zero attached hydrogens (tertiary/aromatic N) is 4. The Hall–Kier alpha value is -2.96. The van der Waals surface area contributed by atoms with Crippen molar-refractivity contribution in [1.29, 1.82) is 0 Å². The standard InChI is InChI=1S/C21H21ClFN5O4S2/c1-3-7-28-17(10-32-16-6-5-13(23)8-15(16)22)26-27-21(28)34-12-18(29)25-20-24-14(11-33-20)9-19(30)31-4-2/h3,5-6,8,11H,1,4,7,9-10,12H2,2H3,(H,24,25,29). The van der Waals surface area contributed by atoms with Crippen molar-refractivity contribution in [2.75, 3.05) is 17.7 Å². The number of thioether (sulfide) groups is 1. The molecule has 2 heterocycles. The summed E-state index contributed by atoms with van der Waals surface area (Å²) in [5.74, 6) is -0.248. The molecule has 3 aromatic rings. The highest BCUT2D eigenvalue weighted by Gasteiger charge is 2.16. The Morgan fingerprint density at radius 1 is 1.38 bits per heavy atom. The van der Waals surface area contributed by atoms with Gasteiger partial charge in [0.05, 0.1) is 29.5 Å². The van der Waals surface area contributed by atoms with Gasteiger partial charge in [-0.05, 0) is 25.1 Å². The van der Waals surface area contributed by atoms with E-state index in [1.165, 1.54) is 35.2 Å². The molecule has 0 aliphatic carbocycles. The lowest BCUT2D eigenvalue weighted by molar-refractivity contribution is -0.142. The van der Waals surface area contributed by atoms with Crippen LogP contribution in [0.5, 0.6) is 5.75 Å². The van der Waals surface area contributed by atoms with Gasteiger partial charge in [0.15, 0.2) is 16.1 Å². The molecule has 13 heteroatoms. The molecular weight excluding hydrogens is 505 g/mol. The zero-order valence-corrected chi connectivity index (χ0v) is 20.5. The third kappa shape index (κ3) is 7.27. The molecule has 0 saturated carbocycles. The number of ether oxygens (including phenoxy) is 2. The number of hydrogen-bond acceptors (Lipinski definition) is 9. The highest BCUT2D eigenvalue weighted by molar-refractivity contribution is 7.99. The van der Waals surface area contributed by atoms with E-state index in [1.807, 2.05) is 0 Å². The van der Waals surface area contributed by atoms with Crippen molar-refractivity contribution in [3.05, 3.63) is 58.6 Å². The Morgan fingerprint density at radius 2 is 2.21 bits per heavy atom. The van der Waals surface area contributed by atoms with Gasteiger partial charge >= 0.3 is 5.97 Å². The molecular formula is C21H21ClFN5O4S2.